The van der Waals surface area contributed by atoms with Gasteiger partial charge in [-0.1, -0.05) is 36.4 Å². The number of methoxy groups -OCH3 is 1. The number of fused-ring (bicyclic) bond motifs is 3. The van der Waals surface area contributed by atoms with E-state index in [1.165, 1.54) is 5.56 Å². The van der Waals surface area contributed by atoms with Crippen molar-refractivity contribution in [1.29, 1.82) is 0 Å². The van der Waals surface area contributed by atoms with Crippen LogP contribution in [0.15, 0.2) is 66.7 Å². The molecule has 5 rings (SSSR count). The van der Waals surface area contributed by atoms with Crippen LogP contribution in [0.2, 0.25) is 0 Å². The zero-order valence-corrected chi connectivity index (χ0v) is 19.1. The number of aromatic hydroxyl groups is 1. The highest BCUT2D eigenvalue weighted by atomic mass is 16.5. The van der Waals surface area contributed by atoms with Crippen molar-refractivity contribution >= 4 is 17.3 Å². The van der Waals surface area contributed by atoms with E-state index in [0.717, 1.165) is 34.5 Å². The van der Waals surface area contributed by atoms with Crippen LogP contribution < -0.4 is 15.4 Å². The van der Waals surface area contributed by atoms with E-state index in [1.807, 2.05) is 49.4 Å². The molecule has 2 aliphatic rings. The van der Waals surface area contributed by atoms with Crippen LogP contribution in [0.25, 0.3) is 0 Å². The van der Waals surface area contributed by atoms with Crippen LogP contribution in [0.1, 0.15) is 51.0 Å². The zero-order valence-electron chi connectivity index (χ0n) is 19.1. The Labute approximate surface area is 194 Å². The predicted molar refractivity (Wildman–Crippen MR) is 131 cm³/mol. The summed E-state index contributed by atoms with van der Waals surface area (Å²) in [5.41, 5.74) is 6.78. The van der Waals surface area contributed by atoms with Crippen LogP contribution in [0.3, 0.4) is 0 Å². The molecule has 1 heterocycles. The molecule has 1 amide bonds. The Hall–Kier alpha value is -3.73. The highest BCUT2D eigenvalue weighted by molar-refractivity contribution is 6.08. The lowest BCUT2D eigenvalue weighted by atomic mass is 9.76. The first kappa shape index (κ1) is 21.1. The third kappa shape index (κ3) is 3.74. The second-order valence-electron chi connectivity index (χ2n) is 8.93. The van der Waals surface area contributed by atoms with E-state index in [9.17, 15) is 9.90 Å². The number of benzene rings is 3. The molecule has 1 aliphatic heterocycles. The maximum atomic E-state index is 13.3. The Morgan fingerprint density at radius 2 is 1.94 bits per heavy atom. The minimum absolute atomic E-state index is 0.0115. The number of hydrogen-bond donors (Lipinski definition) is 3. The number of ether oxygens (including phenoxy) is 1. The Morgan fingerprint density at radius 3 is 2.73 bits per heavy atom. The summed E-state index contributed by atoms with van der Waals surface area (Å²) in [7, 11) is 1.55. The van der Waals surface area contributed by atoms with Crippen LogP contribution in [-0.4, -0.2) is 18.1 Å². The molecule has 5 heteroatoms. The summed E-state index contributed by atoms with van der Waals surface area (Å²) in [6, 6.07) is 17.4. The van der Waals surface area contributed by atoms with Gasteiger partial charge in [0, 0.05) is 11.6 Å². The normalized spacial score (nSPS) is 20.5. The molecule has 3 atom stereocenters. The molecular weight excluding hydrogens is 412 g/mol. The SMILES string of the molecule is COc1cc(C2Nc3c(C(=O)Nc4ccc(C)c(C)c4)cccc3C3C=CCC32)ccc1O. The molecule has 5 nitrogen and oxygen atoms in total. The molecule has 0 aromatic heterocycles. The molecule has 1 aliphatic carbocycles. The van der Waals surface area contributed by atoms with Gasteiger partial charge in [0.1, 0.15) is 0 Å². The molecule has 3 aromatic carbocycles. The summed E-state index contributed by atoms with van der Waals surface area (Å²) >= 11 is 0. The summed E-state index contributed by atoms with van der Waals surface area (Å²) in [6.07, 6.45) is 5.42. The first-order chi connectivity index (χ1) is 16.0. The number of rotatable bonds is 4. The first-order valence-electron chi connectivity index (χ1n) is 11.3. The number of anilines is 2. The lowest BCUT2D eigenvalue weighted by Gasteiger charge is -2.38. The number of hydrogen-bond acceptors (Lipinski definition) is 4. The molecule has 33 heavy (non-hydrogen) atoms. The number of aryl methyl sites for hydroxylation is 2. The van der Waals surface area contributed by atoms with Gasteiger partial charge in [0.25, 0.3) is 5.91 Å². The van der Waals surface area contributed by atoms with Crippen molar-refractivity contribution in [2.75, 3.05) is 17.7 Å². The van der Waals surface area contributed by atoms with Gasteiger partial charge in [0.05, 0.1) is 24.4 Å². The summed E-state index contributed by atoms with van der Waals surface area (Å²) in [5.74, 6) is 0.977. The molecular formula is C28H28N2O3. The highest BCUT2D eigenvalue weighted by Gasteiger charge is 2.39. The highest BCUT2D eigenvalue weighted by Crippen LogP contribution is 2.51. The van der Waals surface area contributed by atoms with Crippen molar-refractivity contribution in [3.05, 3.63) is 94.6 Å². The molecule has 0 bridgehead atoms. The van der Waals surface area contributed by atoms with E-state index < -0.39 is 0 Å². The fourth-order valence-electron chi connectivity index (χ4n) is 5.05. The van der Waals surface area contributed by atoms with E-state index in [0.29, 0.717) is 17.2 Å². The van der Waals surface area contributed by atoms with Gasteiger partial charge >= 0.3 is 0 Å². The third-order valence-corrected chi connectivity index (χ3v) is 6.97. The van der Waals surface area contributed by atoms with E-state index >= 15 is 0 Å². The molecule has 168 valence electrons. The largest absolute Gasteiger partial charge is 0.504 e. The molecule has 3 unspecified atom stereocenters. The number of para-hydroxylation sites is 1. The molecule has 0 saturated heterocycles. The summed E-state index contributed by atoms with van der Waals surface area (Å²) in [4.78, 5) is 13.3. The zero-order chi connectivity index (χ0) is 23.1. The van der Waals surface area contributed by atoms with Crippen LogP contribution in [0.4, 0.5) is 11.4 Å². The van der Waals surface area contributed by atoms with Crippen molar-refractivity contribution < 1.29 is 14.6 Å². The summed E-state index contributed by atoms with van der Waals surface area (Å²) in [5, 5.41) is 16.8. The molecule has 3 N–H and O–H groups in total. The van der Waals surface area contributed by atoms with Crippen molar-refractivity contribution in [3.63, 3.8) is 0 Å². The maximum Gasteiger partial charge on any atom is 0.257 e. The lowest BCUT2D eigenvalue weighted by Crippen LogP contribution is -2.31. The molecule has 0 spiro atoms. The van der Waals surface area contributed by atoms with Gasteiger partial charge in [-0.2, -0.15) is 0 Å². The monoisotopic (exact) mass is 440 g/mol. The van der Waals surface area contributed by atoms with Gasteiger partial charge in [-0.25, -0.2) is 0 Å². The Bertz CT molecular complexity index is 1260. The van der Waals surface area contributed by atoms with Crippen LogP contribution in [0.5, 0.6) is 11.5 Å². The lowest BCUT2D eigenvalue weighted by molar-refractivity contribution is 0.102. The van der Waals surface area contributed by atoms with Gasteiger partial charge in [-0.3, -0.25) is 4.79 Å². The standard InChI is InChI=1S/C28H28N2O3/c1-16-10-12-19(14-17(16)2)29-28(32)23-9-5-8-22-20-6-4-7-21(20)26(30-27(22)23)18-11-13-24(31)25(15-18)33-3/h4-6,8-15,20-21,26,30-31H,7H2,1-3H3,(H,29,32). The average molecular weight is 441 g/mol. The van der Waals surface area contributed by atoms with Gasteiger partial charge in [0.15, 0.2) is 11.5 Å². The van der Waals surface area contributed by atoms with Crippen LogP contribution in [-0.2, 0) is 0 Å². The minimum Gasteiger partial charge on any atom is -0.504 e. The third-order valence-electron chi connectivity index (χ3n) is 6.97. The van der Waals surface area contributed by atoms with Gasteiger partial charge in [-0.15, -0.1) is 0 Å². The smallest absolute Gasteiger partial charge is 0.257 e. The van der Waals surface area contributed by atoms with E-state index in [2.05, 4.69) is 35.8 Å². The minimum atomic E-state index is -0.134. The van der Waals surface area contributed by atoms with Crippen LogP contribution in [0, 0.1) is 19.8 Å². The summed E-state index contributed by atoms with van der Waals surface area (Å²) in [6.45, 7) is 4.10. The van der Waals surface area contributed by atoms with E-state index in [-0.39, 0.29) is 23.6 Å². The van der Waals surface area contributed by atoms with E-state index in [4.69, 9.17) is 4.74 Å². The molecule has 0 fully saturated rings. The number of carbonyl (C=O) groups excluding carboxylic acids is 1. The van der Waals surface area contributed by atoms with Crippen molar-refractivity contribution in [2.24, 2.45) is 5.92 Å². The Morgan fingerprint density at radius 1 is 1.09 bits per heavy atom. The predicted octanol–water partition coefficient (Wildman–Crippen LogP) is 6.10. The first-order valence-corrected chi connectivity index (χ1v) is 11.3. The van der Waals surface area contributed by atoms with Crippen LogP contribution >= 0.6 is 0 Å². The number of amides is 1. The maximum absolute atomic E-state index is 13.3. The molecule has 0 saturated carbocycles. The average Bonchev–Trinajstić information content (AvgIpc) is 3.31. The Balaban J connectivity index is 1.52. The quantitative estimate of drug-likeness (QED) is 0.429. The molecule has 3 aromatic rings. The topological polar surface area (TPSA) is 70.6 Å². The van der Waals surface area contributed by atoms with Gasteiger partial charge in [0.2, 0.25) is 0 Å². The van der Waals surface area contributed by atoms with Crippen molar-refractivity contribution in [3.8, 4) is 11.5 Å². The van der Waals surface area contributed by atoms with Gasteiger partial charge < -0.3 is 20.5 Å². The van der Waals surface area contributed by atoms with Crippen molar-refractivity contribution in [2.45, 2.75) is 32.2 Å². The second-order valence-corrected chi connectivity index (χ2v) is 8.93. The number of carbonyl (C=O) groups is 1. The Kier molecular flexibility index (Phi) is 5.33. The van der Waals surface area contributed by atoms with E-state index in [1.54, 1.807) is 13.2 Å². The van der Waals surface area contributed by atoms with Gasteiger partial charge in [-0.05, 0) is 78.8 Å². The number of allylic oxidation sites excluding steroid dienone is 2. The number of phenolic OH excluding ortho intramolecular Hbond substituents is 1. The number of phenols is 1. The fraction of sp³-hybridized carbons (Fsp3) is 0.250. The summed E-state index contributed by atoms with van der Waals surface area (Å²) < 4.78 is 5.35. The number of nitrogens with one attached hydrogen (secondary N) is 2. The van der Waals surface area contributed by atoms with Crippen molar-refractivity contribution in [1.82, 2.24) is 0 Å². The second kappa shape index (κ2) is 8.32. The fourth-order valence-corrected chi connectivity index (χ4v) is 5.05. The molecule has 0 radical (unpaired) electrons.